The van der Waals surface area contributed by atoms with Crippen LogP contribution in [-0.4, -0.2) is 24.3 Å². The number of nitrogens with zero attached hydrogens (tertiary/aromatic N) is 4. The Morgan fingerprint density at radius 1 is 1.12 bits per heavy atom. The maximum absolute atomic E-state index is 10.2. The zero-order valence-corrected chi connectivity index (χ0v) is 15.0. The highest BCUT2D eigenvalue weighted by atomic mass is 35.5. The highest BCUT2D eigenvalue weighted by molar-refractivity contribution is 7.13. The number of thiophene rings is 1. The second-order valence-corrected chi connectivity index (χ2v) is 7.00. The Hall–Kier alpha value is -2.31. The predicted octanol–water partition coefficient (Wildman–Crippen LogP) is 4.53. The third-order valence-corrected chi connectivity index (χ3v) is 5.42. The van der Waals surface area contributed by atoms with Crippen molar-refractivity contribution in [3.8, 4) is 22.1 Å². The van der Waals surface area contributed by atoms with Gasteiger partial charge in [0.05, 0.1) is 11.4 Å². The molecular weight excluding hydrogens is 344 g/mol. The fourth-order valence-corrected chi connectivity index (χ4v) is 4.02. The normalized spacial score (nSPS) is 11.5. The van der Waals surface area contributed by atoms with E-state index in [4.69, 9.17) is 11.6 Å². The van der Waals surface area contributed by atoms with E-state index in [1.165, 1.54) is 15.9 Å². The molecule has 0 spiro atoms. The van der Waals surface area contributed by atoms with E-state index < -0.39 is 0 Å². The lowest BCUT2D eigenvalue weighted by atomic mass is 10.2. The molecule has 5 nitrogen and oxygen atoms in total. The summed E-state index contributed by atoms with van der Waals surface area (Å²) in [6, 6.07) is 8.09. The van der Waals surface area contributed by atoms with Crippen molar-refractivity contribution in [3.63, 3.8) is 0 Å². The SMILES string of the molecule is Cc1nc2cc(-c3ccsc3-n3c(C)ccc3C)nn2c(O)c1Cl. The molecule has 0 aliphatic rings. The maximum Gasteiger partial charge on any atom is 0.235 e. The van der Waals surface area contributed by atoms with Crippen LogP contribution in [0.5, 0.6) is 5.88 Å². The molecule has 4 heterocycles. The Bertz CT molecular complexity index is 1060. The lowest BCUT2D eigenvalue weighted by Crippen LogP contribution is -1.98. The lowest BCUT2D eigenvalue weighted by molar-refractivity contribution is 0.435. The van der Waals surface area contributed by atoms with Crippen molar-refractivity contribution in [1.82, 2.24) is 19.2 Å². The number of rotatable bonds is 2. The van der Waals surface area contributed by atoms with Gasteiger partial charge >= 0.3 is 0 Å². The summed E-state index contributed by atoms with van der Waals surface area (Å²) in [6.45, 7) is 5.92. The minimum atomic E-state index is -0.0875. The topological polar surface area (TPSA) is 55.4 Å². The predicted molar refractivity (Wildman–Crippen MR) is 96.5 cm³/mol. The van der Waals surface area contributed by atoms with E-state index in [-0.39, 0.29) is 10.9 Å². The van der Waals surface area contributed by atoms with Crippen LogP contribution in [0.15, 0.2) is 29.6 Å². The Kier molecular flexibility index (Phi) is 3.40. The molecule has 0 saturated heterocycles. The molecule has 7 heteroatoms. The zero-order valence-electron chi connectivity index (χ0n) is 13.4. The highest BCUT2D eigenvalue weighted by Crippen LogP contribution is 2.35. The summed E-state index contributed by atoms with van der Waals surface area (Å²) in [4.78, 5) is 4.40. The van der Waals surface area contributed by atoms with E-state index in [1.54, 1.807) is 18.3 Å². The third-order valence-electron chi connectivity index (χ3n) is 4.08. The standard InChI is InChI=1S/C17H15ClN4OS/c1-9-4-5-10(2)21(9)17-12(6-7-24-17)13-8-14-19-11(3)15(18)16(23)22(14)20-13/h4-8,23H,1-3H3. The average Bonchev–Trinajstić information content (AvgIpc) is 3.24. The van der Waals surface area contributed by atoms with Gasteiger partial charge < -0.3 is 9.67 Å². The summed E-state index contributed by atoms with van der Waals surface area (Å²) in [5.41, 5.74) is 5.24. The molecule has 0 amide bonds. The van der Waals surface area contributed by atoms with Crippen molar-refractivity contribution in [2.24, 2.45) is 0 Å². The minimum Gasteiger partial charge on any atom is -0.492 e. The monoisotopic (exact) mass is 358 g/mol. The second-order valence-electron chi connectivity index (χ2n) is 5.73. The first kappa shape index (κ1) is 15.2. The van der Waals surface area contributed by atoms with Gasteiger partial charge in [0, 0.05) is 23.0 Å². The molecule has 0 fully saturated rings. The van der Waals surface area contributed by atoms with E-state index in [0.717, 1.165) is 16.3 Å². The van der Waals surface area contributed by atoms with Crippen molar-refractivity contribution in [2.75, 3.05) is 0 Å². The number of halogens is 1. The molecule has 0 atom stereocenters. The van der Waals surface area contributed by atoms with Crippen molar-refractivity contribution < 1.29 is 5.11 Å². The van der Waals surface area contributed by atoms with E-state index >= 15 is 0 Å². The fraction of sp³-hybridized carbons (Fsp3) is 0.176. The molecule has 4 aromatic heterocycles. The fourth-order valence-electron chi connectivity index (χ4n) is 2.87. The van der Waals surface area contributed by atoms with Crippen LogP contribution in [0.4, 0.5) is 0 Å². The van der Waals surface area contributed by atoms with E-state index in [2.05, 4.69) is 40.6 Å². The maximum atomic E-state index is 10.2. The summed E-state index contributed by atoms with van der Waals surface area (Å²) in [6.07, 6.45) is 0. The number of aryl methyl sites for hydroxylation is 3. The molecule has 0 unspecified atom stereocenters. The summed E-state index contributed by atoms with van der Waals surface area (Å²) in [5, 5.41) is 18.1. The van der Waals surface area contributed by atoms with Gasteiger partial charge in [-0.15, -0.1) is 11.3 Å². The first-order valence-electron chi connectivity index (χ1n) is 7.45. The van der Waals surface area contributed by atoms with Crippen molar-refractivity contribution >= 4 is 28.6 Å². The van der Waals surface area contributed by atoms with Crippen molar-refractivity contribution in [3.05, 3.63) is 51.7 Å². The van der Waals surface area contributed by atoms with E-state index in [1.807, 2.05) is 17.5 Å². The van der Waals surface area contributed by atoms with Gasteiger partial charge in [-0.3, -0.25) is 0 Å². The molecule has 4 aromatic rings. The summed E-state index contributed by atoms with van der Waals surface area (Å²) in [5.74, 6) is -0.0875. The van der Waals surface area contributed by atoms with Crippen LogP contribution in [0.1, 0.15) is 17.1 Å². The lowest BCUT2D eigenvalue weighted by Gasteiger charge is -2.08. The van der Waals surface area contributed by atoms with Crippen LogP contribution in [0.25, 0.3) is 21.9 Å². The Balaban J connectivity index is 1.94. The number of hydrogen-bond donors (Lipinski definition) is 1. The molecule has 1 N–H and O–H groups in total. The van der Waals surface area contributed by atoms with Crippen LogP contribution in [0.3, 0.4) is 0 Å². The number of aromatic nitrogens is 4. The van der Waals surface area contributed by atoms with Crippen LogP contribution < -0.4 is 0 Å². The number of fused-ring (bicyclic) bond motifs is 1. The highest BCUT2D eigenvalue weighted by Gasteiger charge is 2.18. The Morgan fingerprint density at radius 2 is 1.83 bits per heavy atom. The van der Waals surface area contributed by atoms with Gasteiger partial charge in [-0.25, -0.2) is 4.98 Å². The quantitative estimate of drug-likeness (QED) is 0.572. The zero-order chi connectivity index (χ0) is 17.0. The van der Waals surface area contributed by atoms with Gasteiger partial charge in [0.15, 0.2) is 5.65 Å². The van der Waals surface area contributed by atoms with Gasteiger partial charge in [0.2, 0.25) is 5.88 Å². The molecule has 0 radical (unpaired) electrons. The number of hydrogen-bond acceptors (Lipinski definition) is 4. The van der Waals surface area contributed by atoms with Gasteiger partial charge in [-0.1, -0.05) is 11.6 Å². The van der Waals surface area contributed by atoms with Crippen molar-refractivity contribution in [2.45, 2.75) is 20.8 Å². The molecule has 0 aliphatic heterocycles. The molecule has 24 heavy (non-hydrogen) atoms. The van der Waals surface area contributed by atoms with Crippen LogP contribution in [0, 0.1) is 20.8 Å². The van der Waals surface area contributed by atoms with Crippen LogP contribution >= 0.6 is 22.9 Å². The Labute approximate surface area is 147 Å². The van der Waals surface area contributed by atoms with Gasteiger partial charge in [-0.05, 0) is 44.4 Å². The van der Waals surface area contributed by atoms with E-state index in [9.17, 15) is 5.11 Å². The van der Waals surface area contributed by atoms with E-state index in [0.29, 0.717) is 11.3 Å². The molecule has 0 aliphatic carbocycles. The second kappa shape index (κ2) is 5.36. The summed E-state index contributed by atoms with van der Waals surface area (Å²) < 4.78 is 3.58. The molecule has 0 bridgehead atoms. The third kappa shape index (κ3) is 2.14. The van der Waals surface area contributed by atoms with Gasteiger partial charge in [-0.2, -0.15) is 9.61 Å². The largest absolute Gasteiger partial charge is 0.492 e. The smallest absolute Gasteiger partial charge is 0.235 e. The van der Waals surface area contributed by atoms with Crippen molar-refractivity contribution in [1.29, 1.82) is 0 Å². The summed E-state index contributed by atoms with van der Waals surface area (Å²) >= 11 is 7.73. The van der Waals surface area contributed by atoms with Crippen LogP contribution in [0.2, 0.25) is 5.02 Å². The van der Waals surface area contributed by atoms with Crippen LogP contribution in [-0.2, 0) is 0 Å². The average molecular weight is 359 g/mol. The first-order chi connectivity index (χ1) is 11.5. The van der Waals surface area contributed by atoms with Gasteiger partial charge in [0.1, 0.15) is 10.0 Å². The van der Waals surface area contributed by atoms with Gasteiger partial charge in [0.25, 0.3) is 0 Å². The minimum absolute atomic E-state index is 0.0875. The first-order valence-corrected chi connectivity index (χ1v) is 8.71. The molecule has 4 rings (SSSR count). The molecular formula is C17H15ClN4OS. The molecule has 122 valence electrons. The molecule has 0 saturated carbocycles. The Morgan fingerprint density at radius 3 is 2.54 bits per heavy atom. The number of aromatic hydroxyl groups is 1. The summed E-state index contributed by atoms with van der Waals surface area (Å²) in [7, 11) is 0. The molecule has 0 aromatic carbocycles.